The molecule has 6 heteroatoms. The Bertz CT molecular complexity index is 686. The Morgan fingerprint density at radius 3 is 2.07 bits per heavy atom. The van der Waals surface area contributed by atoms with Gasteiger partial charge in [-0.3, -0.25) is 4.99 Å². The highest BCUT2D eigenvalue weighted by atomic mass is 127. The monoisotopic (exact) mass is 483 g/mol. The zero-order chi connectivity index (χ0) is 18.8. The smallest absolute Gasteiger partial charge is 0.191 e. The topological polar surface area (TPSA) is 54.9 Å². The zero-order valence-electron chi connectivity index (χ0n) is 16.5. The summed E-state index contributed by atoms with van der Waals surface area (Å²) in [5, 5.41) is 6.67. The second-order valence-corrected chi connectivity index (χ2v) is 6.26. The first-order valence-electron chi connectivity index (χ1n) is 8.93. The largest absolute Gasteiger partial charge is 0.497 e. The number of nitrogens with zero attached hydrogens (tertiary/aromatic N) is 1. The van der Waals surface area contributed by atoms with Gasteiger partial charge in [0, 0.05) is 20.1 Å². The van der Waals surface area contributed by atoms with Gasteiger partial charge in [-0.25, -0.2) is 0 Å². The van der Waals surface area contributed by atoms with Crippen LogP contribution in [0.5, 0.6) is 11.5 Å². The van der Waals surface area contributed by atoms with E-state index in [1.165, 1.54) is 11.1 Å². The number of hydrogen-bond donors (Lipinski definition) is 2. The summed E-state index contributed by atoms with van der Waals surface area (Å²) in [6.07, 6.45) is 1.11. The molecule has 0 atom stereocenters. The quantitative estimate of drug-likeness (QED) is 0.339. The fourth-order valence-corrected chi connectivity index (χ4v) is 2.48. The summed E-state index contributed by atoms with van der Waals surface area (Å²) in [5.41, 5.74) is 2.44. The van der Waals surface area contributed by atoms with Crippen molar-refractivity contribution >= 4 is 29.9 Å². The number of ether oxygens (including phenoxy) is 2. The highest BCUT2D eigenvalue weighted by molar-refractivity contribution is 14.0. The van der Waals surface area contributed by atoms with Crippen LogP contribution in [-0.2, 0) is 13.0 Å². The lowest BCUT2D eigenvalue weighted by atomic mass is 10.1. The lowest BCUT2D eigenvalue weighted by molar-refractivity contribution is 0.242. The summed E-state index contributed by atoms with van der Waals surface area (Å²) < 4.78 is 10.8. The average Bonchev–Trinajstić information content (AvgIpc) is 2.65. The minimum atomic E-state index is 0. The van der Waals surface area contributed by atoms with Crippen LogP contribution >= 0.6 is 24.0 Å². The van der Waals surface area contributed by atoms with Gasteiger partial charge in [-0.1, -0.05) is 24.3 Å². The van der Waals surface area contributed by atoms with Gasteiger partial charge >= 0.3 is 0 Å². The molecule has 2 aromatic carbocycles. The van der Waals surface area contributed by atoms with E-state index in [9.17, 15) is 0 Å². The predicted octanol–water partition coefficient (Wildman–Crippen LogP) is 4.01. The van der Waals surface area contributed by atoms with Crippen molar-refractivity contribution < 1.29 is 9.47 Å². The van der Waals surface area contributed by atoms with Gasteiger partial charge in [0.2, 0.25) is 0 Å². The number of guanidine groups is 1. The maximum Gasteiger partial charge on any atom is 0.191 e. The van der Waals surface area contributed by atoms with Crippen LogP contribution in [0.1, 0.15) is 25.0 Å². The predicted molar refractivity (Wildman–Crippen MR) is 123 cm³/mol. The van der Waals surface area contributed by atoms with Gasteiger partial charge < -0.3 is 20.1 Å². The molecule has 0 saturated heterocycles. The Kier molecular flexibility index (Phi) is 10.6. The SMILES string of the molecule is CN=C(NCCc1ccc(OC)cc1)NCc1ccc(OC(C)C)cc1.I. The van der Waals surface area contributed by atoms with Crippen molar-refractivity contribution in [2.24, 2.45) is 4.99 Å². The van der Waals surface area contributed by atoms with E-state index in [2.05, 4.69) is 39.9 Å². The number of halogens is 1. The molecule has 2 N–H and O–H groups in total. The van der Waals surface area contributed by atoms with Crippen LogP contribution in [0.2, 0.25) is 0 Å². The lowest BCUT2D eigenvalue weighted by Crippen LogP contribution is -2.37. The van der Waals surface area contributed by atoms with Crippen LogP contribution in [0.25, 0.3) is 0 Å². The molecule has 0 saturated carbocycles. The molecular weight excluding hydrogens is 453 g/mol. The molecule has 0 fully saturated rings. The Morgan fingerprint density at radius 1 is 0.926 bits per heavy atom. The molecule has 0 unspecified atom stereocenters. The van der Waals surface area contributed by atoms with Gasteiger partial charge in [0.05, 0.1) is 13.2 Å². The Balaban J connectivity index is 0.00000364. The minimum absolute atomic E-state index is 0. The number of benzene rings is 2. The second kappa shape index (κ2) is 12.4. The van der Waals surface area contributed by atoms with Crippen molar-refractivity contribution in [2.45, 2.75) is 32.9 Å². The van der Waals surface area contributed by atoms with Crippen molar-refractivity contribution in [3.63, 3.8) is 0 Å². The van der Waals surface area contributed by atoms with Crippen molar-refractivity contribution in [1.82, 2.24) is 10.6 Å². The lowest BCUT2D eigenvalue weighted by Gasteiger charge is -2.13. The first-order valence-corrected chi connectivity index (χ1v) is 8.93. The fraction of sp³-hybridized carbons (Fsp3) is 0.381. The molecule has 0 radical (unpaired) electrons. The molecule has 0 spiro atoms. The van der Waals surface area contributed by atoms with Gasteiger partial charge in [-0.15, -0.1) is 24.0 Å². The first-order chi connectivity index (χ1) is 12.6. The first kappa shape index (κ1) is 23.1. The second-order valence-electron chi connectivity index (χ2n) is 6.26. The van der Waals surface area contributed by atoms with Gasteiger partial charge in [-0.05, 0) is 55.7 Å². The third-order valence-electron chi connectivity index (χ3n) is 3.84. The molecule has 2 aromatic rings. The van der Waals surface area contributed by atoms with Crippen LogP contribution in [0.3, 0.4) is 0 Å². The van der Waals surface area contributed by atoms with E-state index in [1.54, 1.807) is 14.2 Å². The molecule has 0 aromatic heterocycles. The van der Waals surface area contributed by atoms with Crippen molar-refractivity contribution in [3.05, 3.63) is 59.7 Å². The van der Waals surface area contributed by atoms with Gasteiger partial charge in [0.15, 0.2) is 5.96 Å². The van der Waals surface area contributed by atoms with E-state index in [-0.39, 0.29) is 30.1 Å². The van der Waals surface area contributed by atoms with Gasteiger partial charge in [0.25, 0.3) is 0 Å². The average molecular weight is 483 g/mol. The molecule has 0 bridgehead atoms. The van der Waals surface area contributed by atoms with Gasteiger partial charge in [-0.2, -0.15) is 0 Å². The maximum absolute atomic E-state index is 5.66. The molecule has 0 aliphatic heterocycles. The van der Waals surface area contributed by atoms with Crippen molar-refractivity contribution in [3.8, 4) is 11.5 Å². The van der Waals surface area contributed by atoms with E-state index in [1.807, 2.05) is 38.1 Å². The third-order valence-corrected chi connectivity index (χ3v) is 3.84. The van der Waals surface area contributed by atoms with E-state index in [0.29, 0.717) is 6.54 Å². The summed E-state index contributed by atoms with van der Waals surface area (Å²) in [6, 6.07) is 16.2. The molecule has 148 valence electrons. The minimum Gasteiger partial charge on any atom is -0.497 e. The molecule has 0 aliphatic carbocycles. The van der Waals surface area contributed by atoms with E-state index in [4.69, 9.17) is 9.47 Å². The number of methoxy groups -OCH3 is 1. The Labute approximate surface area is 179 Å². The Morgan fingerprint density at radius 2 is 1.52 bits per heavy atom. The number of nitrogens with one attached hydrogen (secondary N) is 2. The van der Waals surface area contributed by atoms with Crippen LogP contribution in [0, 0.1) is 0 Å². The van der Waals surface area contributed by atoms with E-state index in [0.717, 1.165) is 30.4 Å². The molecule has 0 amide bonds. The number of hydrogen-bond acceptors (Lipinski definition) is 3. The molecule has 2 rings (SSSR count). The zero-order valence-corrected chi connectivity index (χ0v) is 18.8. The molecular formula is C21H30IN3O2. The van der Waals surface area contributed by atoms with E-state index >= 15 is 0 Å². The summed E-state index contributed by atoms with van der Waals surface area (Å²) in [5.74, 6) is 2.57. The summed E-state index contributed by atoms with van der Waals surface area (Å²) in [6.45, 7) is 5.57. The van der Waals surface area contributed by atoms with Crippen LogP contribution < -0.4 is 20.1 Å². The van der Waals surface area contributed by atoms with Crippen molar-refractivity contribution in [1.29, 1.82) is 0 Å². The maximum atomic E-state index is 5.66. The normalized spacial score (nSPS) is 10.9. The molecule has 0 aliphatic rings. The summed E-state index contributed by atoms with van der Waals surface area (Å²) >= 11 is 0. The summed E-state index contributed by atoms with van der Waals surface area (Å²) in [7, 11) is 3.46. The van der Waals surface area contributed by atoms with Crippen LogP contribution in [-0.4, -0.2) is 32.8 Å². The summed E-state index contributed by atoms with van der Waals surface area (Å²) in [4.78, 5) is 4.27. The van der Waals surface area contributed by atoms with Crippen LogP contribution in [0.15, 0.2) is 53.5 Å². The highest BCUT2D eigenvalue weighted by Gasteiger charge is 2.01. The molecule has 0 heterocycles. The number of rotatable bonds is 8. The number of aliphatic imine (C=N–C) groups is 1. The van der Waals surface area contributed by atoms with Crippen molar-refractivity contribution in [2.75, 3.05) is 20.7 Å². The van der Waals surface area contributed by atoms with Crippen LogP contribution in [0.4, 0.5) is 0 Å². The van der Waals surface area contributed by atoms with E-state index < -0.39 is 0 Å². The van der Waals surface area contributed by atoms with Gasteiger partial charge in [0.1, 0.15) is 11.5 Å². The fourth-order valence-electron chi connectivity index (χ4n) is 2.48. The molecule has 5 nitrogen and oxygen atoms in total. The Hall–Kier alpha value is -1.96. The molecule has 27 heavy (non-hydrogen) atoms. The third kappa shape index (κ3) is 8.51. The highest BCUT2D eigenvalue weighted by Crippen LogP contribution is 2.14. The standard InChI is InChI=1S/C21H29N3O2.HI/c1-16(2)26-20-11-7-18(8-12-20)15-24-21(22-3)23-14-13-17-5-9-19(25-4)10-6-17;/h5-12,16H,13-15H2,1-4H3,(H2,22,23,24);1H.